The summed E-state index contributed by atoms with van der Waals surface area (Å²) in [6.45, 7) is 0. The van der Waals surface area contributed by atoms with E-state index in [-0.39, 0.29) is 0 Å². The standard InChI is InChI=1S/C15H16O4S/c1-18-13-9-8-11(10-14(13)19-2)12-6-4-5-7-15(12)20(3,16)17/h4-10H,1-3H3. The van der Waals surface area contributed by atoms with Crippen LogP contribution in [0.3, 0.4) is 0 Å². The third-order valence-corrected chi connectivity index (χ3v) is 4.14. The average molecular weight is 292 g/mol. The largest absolute Gasteiger partial charge is 0.493 e. The van der Waals surface area contributed by atoms with Crippen molar-refractivity contribution in [2.24, 2.45) is 0 Å². The number of ether oxygens (including phenoxy) is 2. The lowest BCUT2D eigenvalue weighted by Gasteiger charge is -2.12. The molecule has 2 rings (SSSR count). The minimum absolute atomic E-state index is 0.298. The van der Waals surface area contributed by atoms with Crippen molar-refractivity contribution in [3.05, 3.63) is 42.5 Å². The SMILES string of the molecule is COc1ccc(-c2ccccc2S(C)(=O)=O)cc1OC. The molecule has 0 heterocycles. The molecule has 4 nitrogen and oxygen atoms in total. The van der Waals surface area contributed by atoms with E-state index >= 15 is 0 Å². The van der Waals surface area contributed by atoms with Crippen LogP contribution in [0.1, 0.15) is 0 Å². The fraction of sp³-hybridized carbons (Fsp3) is 0.200. The van der Waals surface area contributed by atoms with Gasteiger partial charge in [0, 0.05) is 11.8 Å². The highest BCUT2D eigenvalue weighted by Gasteiger charge is 2.15. The van der Waals surface area contributed by atoms with Gasteiger partial charge in [-0.1, -0.05) is 24.3 Å². The second-order valence-corrected chi connectivity index (χ2v) is 6.32. The molecule has 0 aliphatic heterocycles. The first-order chi connectivity index (χ1) is 9.47. The topological polar surface area (TPSA) is 52.6 Å². The molecule has 0 atom stereocenters. The van der Waals surface area contributed by atoms with Crippen LogP contribution in [-0.4, -0.2) is 28.9 Å². The highest BCUT2D eigenvalue weighted by molar-refractivity contribution is 7.90. The van der Waals surface area contributed by atoms with Crippen LogP contribution in [0.25, 0.3) is 11.1 Å². The predicted octanol–water partition coefficient (Wildman–Crippen LogP) is 2.77. The van der Waals surface area contributed by atoms with Crippen molar-refractivity contribution in [1.82, 2.24) is 0 Å². The molecule has 0 fully saturated rings. The molecule has 0 unspecified atom stereocenters. The van der Waals surface area contributed by atoms with E-state index in [9.17, 15) is 8.42 Å². The highest BCUT2D eigenvalue weighted by Crippen LogP contribution is 2.34. The second kappa shape index (κ2) is 5.54. The molecular weight excluding hydrogens is 276 g/mol. The number of sulfone groups is 1. The molecule has 0 bridgehead atoms. The van der Waals surface area contributed by atoms with Crippen molar-refractivity contribution in [2.75, 3.05) is 20.5 Å². The molecule has 0 aliphatic carbocycles. The molecular formula is C15H16O4S. The van der Waals surface area contributed by atoms with Gasteiger partial charge in [-0.05, 0) is 23.8 Å². The first-order valence-electron chi connectivity index (χ1n) is 5.99. The van der Waals surface area contributed by atoms with Crippen LogP contribution in [0.4, 0.5) is 0 Å². The van der Waals surface area contributed by atoms with Gasteiger partial charge in [0.2, 0.25) is 0 Å². The van der Waals surface area contributed by atoms with Crippen LogP contribution in [0.5, 0.6) is 11.5 Å². The Morgan fingerprint density at radius 1 is 0.900 bits per heavy atom. The maximum atomic E-state index is 11.8. The van der Waals surface area contributed by atoms with E-state index in [2.05, 4.69) is 0 Å². The number of benzene rings is 2. The number of hydrogen-bond acceptors (Lipinski definition) is 4. The maximum Gasteiger partial charge on any atom is 0.176 e. The Morgan fingerprint density at radius 2 is 1.55 bits per heavy atom. The van der Waals surface area contributed by atoms with Crippen LogP contribution in [0.2, 0.25) is 0 Å². The van der Waals surface area contributed by atoms with Gasteiger partial charge in [-0.2, -0.15) is 0 Å². The van der Waals surface area contributed by atoms with E-state index in [0.29, 0.717) is 22.0 Å². The van der Waals surface area contributed by atoms with E-state index in [0.717, 1.165) is 5.56 Å². The van der Waals surface area contributed by atoms with Gasteiger partial charge in [0.1, 0.15) is 0 Å². The Bertz CT molecular complexity index is 720. The Labute approximate surface area is 118 Å². The van der Waals surface area contributed by atoms with E-state index in [4.69, 9.17) is 9.47 Å². The molecule has 2 aromatic carbocycles. The van der Waals surface area contributed by atoms with E-state index in [1.807, 2.05) is 6.07 Å². The number of hydrogen-bond donors (Lipinski definition) is 0. The summed E-state index contributed by atoms with van der Waals surface area (Å²) >= 11 is 0. The van der Waals surface area contributed by atoms with Crippen LogP contribution >= 0.6 is 0 Å². The predicted molar refractivity (Wildman–Crippen MR) is 78.1 cm³/mol. The summed E-state index contributed by atoms with van der Waals surface area (Å²) in [6.07, 6.45) is 1.20. The van der Waals surface area contributed by atoms with Gasteiger partial charge >= 0.3 is 0 Å². The van der Waals surface area contributed by atoms with Gasteiger partial charge in [-0.3, -0.25) is 0 Å². The van der Waals surface area contributed by atoms with E-state index < -0.39 is 9.84 Å². The lowest BCUT2D eigenvalue weighted by Crippen LogP contribution is -2.00. The van der Waals surface area contributed by atoms with Gasteiger partial charge < -0.3 is 9.47 Å². The zero-order valence-electron chi connectivity index (χ0n) is 11.6. The van der Waals surface area contributed by atoms with Crippen molar-refractivity contribution in [2.45, 2.75) is 4.90 Å². The molecule has 0 aliphatic rings. The average Bonchev–Trinajstić information content (AvgIpc) is 2.45. The molecule has 0 radical (unpaired) electrons. The van der Waals surface area contributed by atoms with E-state index in [1.54, 1.807) is 50.6 Å². The van der Waals surface area contributed by atoms with Crippen LogP contribution < -0.4 is 9.47 Å². The fourth-order valence-corrected chi connectivity index (χ4v) is 2.94. The molecule has 2 aromatic rings. The summed E-state index contributed by atoms with van der Waals surface area (Å²) in [5.41, 5.74) is 1.42. The Morgan fingerprint density at radius 3 is 2.15 bits per heavy atom. The molecule has 0 aromatic heterocycles. The van der Waals surface area contributed by atoms with Gasteiger partial charge in [-0.25, -0.2) is 8.42 Å². The molecule has 0 saturated carbocycles. The van der Waals surface area contributed by atoms with Gasteiger partial charge in [0.05, 0.1) is 19.1 Å². The molecule has 106 valence electrons. The number of rotatable bonds is 4. The van der Waals surface area contributed by atoms with Crippen LogP contribution in [0, 0.1) is 0 Å². The molecule has 5 heteroatoms. The van der Waals surface area contributed by atoms with Crippen molar-refractivity contribution in [3.63, 3.8) is 0 Å². The smallest absolute Gasteiger partial charge is 0.176 e. The van der Waals surface area contributed by atoms with Gasteiger partial charge in [0.25, 0.3) is 0 Å². The minimum atomic E-state index is -3.29. The number of methoxy groups -OCH3 is 2. The Balaban J connectivity index is 2.64. The normalized spacial score (nSPS) is 11.2. The third kappa shape index (κ3) is 2.77. The molecule has 20 heavy (non-hydrogen) atoms. The lowest BCUT2D eigenvalue weighted by atomic mass is 10.1. The van der Waals surface area contributed by atoms with E-state index in [1.165, 1.54) is 6.26 Å². The Hall–Kier alpha value is -2.01. The van der Waals surface area contributed by atoms with Crippen molar-refractivity contribution in [3.8, 4) is 22.6 Å². The quantitative estimate of drug-likeness (QED) is 0.869. The molecule has 0 spiro atoms. The van der Waals surface area contributed by atoms with Crippen LogP contribution in [0.15, 0.2) is 47.4 Å². The third-order valence-electron chi connectivity index (χ3n) is 2.98. The molecule has 0 amide bonds. The summed E-state index contributed by atoms with van der Waals surface area (Å²) in [5.74, 6) is 1.17. The highest BCUT2D eigenvalue weighted by atomic mass is 32.2. The summed E-state index contributed by atoms with van der Waals surface area (Å²) in [4.78, 5) is 0.298. The molecule has 0 saturated heterocycles. The van der Waals surface area contributed by atoms with Crippen LogP contribution in [-0.2, 0) is 9.84 Å². The van der Waals surface area contributed by atoms with Crippen molar-refractivity contribution >= 4 is 9.84 Å². The minimum Gasteiger partial charge on any atom is -0.493 e. The summed E-state index contributed by atoms with van der Waals surface area (Å²) in [6, 6.07) is 12.2. The van der Waals surface area contributed by atoms with Crippen molar-refractivity contribution in [1.29, 1.82) is 0 Å². The fourth-order valence-electron chi connectivity index (χ4n) is 2.03. The molecule has 0 N–H and O–H groups in total. The second-order valence-electron chi connectivity index (χ2n) is 4.34. The van der Waals surface area contributed by atoms with Gasteiger partial charge in [-0.15, -0.1) is 0 Å². The first-order valence-corrected chi connectivity index (χ1v) is 7.88. The van der Waals surface area contributed by atoms with Crippen molar-refractivity contribution < 1.29 is 17.9 Å². The zero-order valence-corrected chi connectivity index (χ0v) is 12.4. The summed E-state index contributed by atoms with van der Waals surface area (Å²) < 4.78 is 34.1. The summed E-state index contributed by atoms with van der Waals surface area (Å²) in [7, 11) is -0.186. The monoisotopic (exact) mass is 292 g/mol. The Kier molecular flexibility index (Phi) is 3.99. The van der Waals surface area contributed by atoms with Gasteiger partial charge in [0.15, 0.2) is 21.3 Å². The first kappa shape index (κ1) is 14.4. The maximum absolute atomic E-state index is 11.8. The lowest BCUT2D eigenvalue weighted by molar-refractivity contribution is 0.355. The summed E-state index contributed by atoms with van der Waals surface area (Å²) in [5, 5.41) is 0. The zero-order chi connectivity index (χ0) is 14.8.